The second-order valence-electron chi connectivity index (χ2n) is 4.17. The molecular formula is C15H15NO4. The van der Waals surface area contributed by atoms with E-state index in [1.807, 2.05) is 31.2 Å². The molecule has 0 saturated heterocycles. The van der Waals surface area contributed by atoms with Crippen LogP contribution < -0.4 is 9.47 Å². The average Bonchev–Trinajstić information content (AvgIpc) is 2.46. The lowest BCUT2D eigenvalue weighted by Gasteiger charge is -2.09. The van der Waals surface area contributed by atoms with E-state index >= 15 is 0 Å². The zero-order valence-electron chi connectivity index (χ0n) is 11.1. The number of pyridine rings is 1. The van der Waals surface area contributed by atoms with Gasteiger partial charge in [-0.15, -0.1) is 0 Å². The molecule has 1 aromatic carbocycles. The van der Waals surface area contributed by atoms with Gasteiger partial charge in [-0.05, 0) is 31.2 Å². The van der Waals surface area contributed by atoms with Crippen LogP contribution >= 0.6 is 0 Å². The van der Waals surface area contributed by atoms with Gasteiger partial charge in [-0.25, -0.2) is 9.78 Å². The van der Waals surface area contributed by atoms with Gasteiger partial charge in [0, 0.05) is 6.20 Å². The number of hydrogen-bond acceptors (Lipinski definition) is 4. The highest BCUT2D eigenvalue weighted by Gasteiger charge is 2.11. The van der Waals surface area contributed by atoms with Crippen molar-refractivity contribution in [2.24, 2.45) is 0 Å². The number of nitrogens with zero attached hydrogens (tertiary/aromatic N) is 1. The Balaban J connectivity index is 1.84. The molecule has 0 radical (unpaired) electrons. The molecule has 0 aliphatic carbocycles. The van der Waals surface area contributed by atoms with Gasteiger partial charge in [-0.1, -0.05) is 17.7 Å². The van der Waals surface area contributed by atoms with Crippen LogP contribution in [0.3, 0.4) is 0 Å². The second kappa shape index (κ2) is 6.56. The minimum atomic E-state index is -1.11. The van der Waals surface area contributed by atoms with Crippen LogP contribution in [0.4, 0.5) is 0 Å². The summed E-state index contributed by atoms with van der Waals surface area (Å²) in [5.74, 6) is -0.114. The number of benzene rings is 1. The lowest BCUT2D eigenvalue weighted by Crippen LogP contribution is -2.12. The van der Waals surface area contributed by atoms with Crippen LogP contribution in [0.5, 0.6) is 11.5 Å². The lowest BCUT2D eigenvalue weighted by molar-refractivity contribution is 0.0684. The first kappa shape index (κ1) is 13.9. The third kappa shape index (κ3) is 3.71. The number of aromatic carboxylic acids is 1. The molecule has 0 saturated carbocycles. The second-order valence-corrected chi connectivity index (χ2v) is 4.17. The van der Waals surface area contributed by atoms with Crippen LogP contribution in [0.1, 0.15) is 16.1 Å². The molecule has 0 unspecified atom stereocenters. The van der Waals surface area contributed by atoms with E-state index in [4.69, 9.17) is 14.6 Å². The summed E-state index contributed by atoms with van der Waals surface area (Å²) in [5, 5.41) is 8.95. The van der Waals surface area contributed by atoms with E-state index in [2.05, 4.69) is 4.98 Å². The minimum absolute atomic E-state index is 0.0946. The fourth-order valence-electron chi connectivity index (χ4n) is 1.61. The molecule has 0 aliphatic rings. The van der Waals surface area contributed by atoms with Crippen molar-refractivity contribution in [3.8, 4) is 11.5 Å². The molecule has 5 heteroatoms. The number of hydrogen-bond donors (Lipinski definition) is 1. The van der Waals surface area contributed by atoms with Crippen LogP contribution in [-0.2, 0) is 0 Å². The summed E-state index contributed by atoms with van der Waals surface area (Å²) in [6.07, 6.45) is 1.42. The van der Waals surface area contributed by atoms with Gasteiger partial charge in [-0.3, -0.25) is 0 Å². The Labute approximate surface area is 116 Å². The van der Waals surface area contributed by atoms with E-state index in [1.54, 1.807) is 12.1 Å². The molecule has 2 rings (SSSR count). The van der Waals surface area contributed by atoms with E-state index in [9.17, 15) is 4.79 Å². The van der Waals surface area contributed by atoms with E-state index in [-0.39, 0.29) is 18.1 Å². The largest absolute Gasteiger partial charge is 0.490 e. The van der Waals surface area contributed by atoms with Crippen LogP contribution in [-0.4, -0.2) is 29.3 Å². The fraction of sp³-hybridized carbons (Fsp3) is 0.200. The predicted molar refractivity (Wildman–Crippen MR) is 73.4 cm³/mol. The molecule has 2 aromatic rings. The molecule has 0 bridgehead atoms. The first-order chi connectivity index (χ1) is 9.66. The molecule has 0 amide bonds. The summed E-state index contributed by atoms with van der Waals surface area (Å²) in [6.45, 7) is 2.58. The van der Waals surface area contributed by atoms with Crippen LogP contribution in [0.25, 0.3) is 0 Å². The summed E-state index contributed by atoms with van der Waals surface area (Å²) in [4.78, 5) is 14.7. The topological polar surface area (TPSA) is 68.7 Å². The molecule has 104 valence electrons. The molecule has 5 nitrogen and oxygen atoms in total. The third-order valence-electron chi connectivity index (χ3n) is 2.60. The smallest absolute Gasteiger partial charge is 0.358 e. The van der Waals surface area contributed by atoms with Gasteiger partial charge in [0.25, 0.3) is 0 Å². The third-order valence-corrected chi connectivity index (χ3v) is 2.60. The Bertz CT molecular complexity index is 581. The van der Waals surface area contributed by atoms with E-state index in [1.165, 1.54) is 6.20 Å². The van der Waals surface area contributed by atoms with Gasteiger partial charge in [0.05, 0.1) is 0 Å². The standard InChI is InChI=1S/C15H15NO4/c1-11-4-6-12(7-5-11)19-9-10-20-13-3-2-8-16-14(13)15(17)18/h2-8H,9-10H2,1H3,(H,17,18). The van der Waals surface area contributed by atoms with Crippen molar-refractivity contribution in [2.75, 3.05) is 13.2 Å². The van der Waals surface area contributed by atoms with Crippen molar-refractivity contribution in [3.63, 3.8) is 0 Å². The molecule has 20 heavy (non-hydrogen) atoms. The minimum Gasteiger partial charge on any atom is -0.490 e. The molecule has 0 atom stereocenters. The Morgan fingerprint density at radius 1 is 1.15 bits per heavy atom. The Kier molecular flexibility index (Phi) is 4.55. The number of carboxylic acid groups (broad SMARTS) is 1. The Morgan fingerprint density at radius 2 is 1.85 bits per heavy atom. The van der Waals surface area contributed by atoms with Gasteiger partial charge in [0.1, 0.15) is 19.0 Å². The predicted octanol–water partition coefficient (Wildman–Crippen LogP) is 2.55. The molecule has 0 aliphatic heterocycles. The summed E-state index contributed by atoms with van der Waals surface area (Å²) >= 11 is 0. The summed E-state index contributed by atoms with van der Waals surface area (Å²) in [5.41, 5.74) is 1.07. The SMILES string of the molecule is Cc1ccc(OCCOc2cccnc2C(=O)O)cc1. The fourth-order valence-corrected chi connectivity index (χ4v) is 1.61. The van der Waals surface area contributed by atoms with Crippen molar-refractivity contribution in [1.82, 2.24) is 4.98 Å². The van der Waals surface area contributed by atoms with Gasteiger partial charge in [-0.2, -0.15) is 0 Å². The summed E-state index contributed by atoms with van der Waals surface area (Å²) in [7, 11) is 0. The molecule has 0 spiro atoms. The first-order valence-electron chi connectivity index (χ1n) is 6.17. The van der Waals surface area contributed by atoms with Crippen molar-refractivity contribution < 1.29 is 19.4 Å². The van der Waals surface area contributed by atoms with E-state index in [0.29, 0.717) is 6.61 Å². The van der Waals surface area contributed by atoms with Crippen molar-refractivity contribution in [3.05, 3.63) is 53.9 Å². The zero-order valence-corrected chi connectivity index (χ0v) is 11.1. The molecular weight excluding hydrogens is 258 g/mol. The van der Waals surface area contributed by atoms with Gasteiger partial charge in [0.2, 0.25) is 0 Å². The molecule has 1 aromatic heterocycles. The Morgan fingerprint density at radius 3 is 2.55 bits per heavy atom. The van der Waals surface area contributed by atoms with Crippen molar-refractivity contribution >= 4 is 5.97 Å². The number of aryl methyl sites for hydroxylation is 1. The van der Waals surface area contributed by atoms with Gasteiger partial charge in [0.15, 0.2) is 11.4 Å². The highest BCUT2D eigenvalue weighted by molar-refractivity contribution is 5.88. The summed E-state index contributed by atoms with van der Waals surface area (Å²) in [6, 6.07) is 10.9. The quantitative estimate of drug-likeness (QED) is 0.819. The average molecular weight is 273 g/mol. The maximum atomic E-state index is 10.9. The maximum Gasteiger partial charge on any atom is 0.358 e. The monoisotopic (exact) mass is 273 g/mol. The number of carboxylic acids is 1. The number of ether oxygens (including phenoxy) is 2. The van der Waals surface area contributed by atoms with Gasteiger partial charge < -0.3 is 14.6 Å². The normalized spacial score (nSPS) is 10.1. The molecule has 1 N–H and O–H groups in total. The van der Waals surface area contributed by atoms with Crippen LogP contribution in [0.15, 0.2) is 42.6 Å². The summed E-state index contributed by atoms with van der Waals surface area (Å²) < 4.78 is 10.9. The highest BCUT2D eigenvalue weighted by Crippen LogP contribution is 2.15. The Hall–Kier alpha value is -2.56. The number of carbonyl (C=O) groups is 1. The number of aromatic nitrogens is 1. The van der Waals surface area contributed by atoms with Gasteiger partial charge >= 0.3 is 5.97 Å². The lowest BCUT2D eigenvalue weighted by atomic mass is 10.2. The highest BCUT2D eigenvalue weighted by atomic mass is 16.5. The van der Waals surface area contributed by atoms with E-state index in [0.717, 1.165) is 11.3 Å². The first-order valence-corrected chi connectivity index (χ1v) is 6.17. The maximum absolute atomic E-state index is 10.9. The zero-order chi connectivity index (χ0) is 14.4. The van der Waals surface area contributed by atoms with Crippen LogP contribution in [0, 0.1) is 6.92 Å². The van der Waals surface area contributed by atoms with Crippen molar-refractivity contribution in [2.45, 2.75) is 6.92 Å². The molecule has 1 heterocycles. The molecule has 0 fully saturated rings. The van der Waals surface area contributed by atoms with Crippen LogP contribution in [0.2, 0.25) is 0 Å². The van der Waals surface area contributed by atoms with Crippen molar-refractivity contribution in [1.29, 1.82) is 0 Å². The number of rotatable bonds is 6. The van der Waals surface area contributed by atoms with E-state index < -0.39 is 5.97 Å².